The predicted octanol–water partition coefficient (Wildman–Crippen LogP) is 1.14. The Labute approximate surface area is 159 Å². The number of piperazine rings is 1. The Morgan fingerprint density at radius 2 is 1.81 bits per heavy atom. The molecule has 9 heteroatoms. The number of amides is 2. The second kappa shape index (κ2) is 7.50. The van der Waals surface area contributed by atoms with Crippen LogP contribution in [0.4, 0.5) is 13.6 Å². The van der Waals surface area contributed by atoms with Crippen LogP contribution in [0.2, 0.25) is 0 Å². The van der Waals surface area contributed by atoms with Crippen LogP contribution in [0.3, 0.4) is 0 Å². The molecular formula is C18H30F2N4O3. The number of hydrogen-bond donors (Lipinski definition) is 1. The molecule has 0 spiro atoms. The van der Waals surface area contributed by atoms with E-state index < -0.39 is 36.1 Å². The summed E-state index contributed by atoms with van der Waals surface area (Å²) in [7, 11) is 0. The number of carbonyl (C=O) groups excluding carboxylic acids is 2. The first kappa shape index (κ1) is 20.3. The van der Waals surface area contributed by atoms with Crippen LogP contribution in [0.15, 0.2) is 0 Å². The smallest absolute Gasteiger partial charge is 0.411 e. The first-order chi connectivity index (χ1) is 12.6. The molecule has 3 aliphatic heterocycles. The standard InChI is InChI=1S/C18H30F2N4O3/c1-17(2,3)27-16(26)24-11-13(22-8-5-21-6-9-22)10-14(24)15(25)23-7-4-18(19,20)12-23/h13-14,21H,4-12H2,1-3H3/t13-,14-/m0/s1. The van der Waals surface area contributed by atoms with Gasteiger partial charge in [-0.05, 0) is 27.2 Å². The van der Waals surface area contributed by atoms with E-state index in [9.17, 15) is 18.4 Å². The van der Waals surface area contributed by atoms with Gasteiger partial charge in [-0.1, -0.05) is 0 Å². The van der Waals surface area contributed by atoms with Crippen molar-refractivity contribution in [1.82, 2.24) is 20.0 Å². The second-order valence-electron chi connectivity index (χ2n) is 8.69. The SMILES string of the molecule is CC(C)(C)OC(=O)N1C[C@@H](N2CCNCC2)C[C@H]1C(=O)N1CCC(F)(F)C1. The molecule has 3 heterocycles. The van der Waals surface area contributed by atoms with Crippen molar-refractivity contribution in [2.24, 2.45) is 0 Å². The highest BCUT2D eigenvalue weighted by atomic mass is 19.3. The molecule has 7 nitrogen and oxygen atoms in total. The van der Waals surface area contributed by atoms with Crippen LogP contribution < -0.4 is 5.32 Å². The Kier molecular flexibility index (Phi) is 5.63. The van der Waals surface area contributed by atoms with Gasteiger partial charge in [0.15, 0.2) is 0 Å². The second-order valence-corrected chi connectivity index (χ2v) is 8.69. The summed E-state index contributed by atoms with van der Waals surface area (Å²) in [5.41, 5.74) is -0.682. The summed E-state index contributed by atoms with van der Waals surface area (Å²) in [5, 5.41) is 3.29. The highest BCUT2D eigenvalue weighted by molar-refractivity contribution is 5.87. The maximum absolute atomic E-state index is 13.6. The largest absolute Gasteiger partial charge is 0.444 e. The zero-order chi connectivity index (χ0) is 19.8. The number of likely N-dealkylation sites (tertiary alicyclic amines) is 2. The highest BCUT2D eigenvalue weighted by Gasteiger charge is 2.48. The molecule has 0 aliphatic carbocycles. The molecule has 0 aromatic heterocycles. The van der Waals surface area contributed by atoms with Crippen molar-refractivity contribution in [3.63, 3.8) is 0 Å². The number of carbonyl (C=O) groups is 2. The molecule has 0 unspecified atom stereocenters. The molecule has 2 atom stereocenters. The lowest BCUT2D eigenvalue weighted by Gasteiger charge is -2.32. The van der Waals surface area contributed by atoms with E-state index in [0.717, 1.165) is 26.2 Å². The minimum Gasteiger partial charge on any atom is -0.444 e. The Bertz CT molecular complexity index is 575. The van der Waals surface area contributed by atoms with Crippen LogP contribution in [0.1, 0.15) is 33.6 Å². The Morgan fingerprint density at radius 3 is 2.37 bits per heavy atom. The van der Waals surface area contributed by atoms with Gasteiger partial charge in [0.05, 0.1) is 6.54 Å². The van der Waals surface area contributed by atoms with Crippen LogP contribution in [-0.4, -0.2) is 96.1 Å². The van der Waals surface area contributed by atoms with Gasteiger partial charge in [-0.3, -0.25) is 14.6 Å². The van der Waals surface area contributed by atoms with E-state index in [1.807, 2.05) is 0 Å². The molecule has 0 saturated carbocycles. The van der Waals surface area contributed by atoms with E-state index >= 15 is 0 Å². The summed E-state index contributed by atoms with van der Waals surface area (Å²) in [5.74, 6) is -3.24. The number of halogens is 2. The van der Waals surface area contributed by atoms with E-state index in [4.69, 9.17) is 4.74 Å². The predicted molar refractivity (Wildman–Crippen MR) is 95.7 cm³/mol. The van der Waals surface area contributed by atoms with Crippen LogP contribution in [0.25, 0.3) is 0 Å². The average molecular weight is 388 g/mol. The first-order valence-electron chi connectivity index (χ1n) is 9.67. The summed E-state index contributed by atoms with van der Waals surface area (Å²) >= 11 is 0. The lowest BCUT2D eigenvalue weighted by atomic mass is 10.1. The monoisotopic (exact) mass is 388 g/mol. The third kappa shape index (κ3) is 4.87. The molecule has 1 N–H and O–H groups in total. The van der Waals surface area contributed by atoms with Gasteiger partial charge < -0.3 is 15.0 Å². The summed E-state index contributed by atoms with van der Waals surface area (Å²) in [6.45, 7) is 8.57. The van der Waals surface area contributed by atoms with Crippen molar-refractivity contribution in [1.29, 1.82) is 0 Å². The zero-order valence-electron chi connectivity index (χ0n) is 16.3. The van der Waals surface area contributed by atoms with Crippen LogP contribution in [0, 0.1) is 0 Å². The summed E-state index contributed by atoms with van der Waals surface area (Å²) in [6, 6.07) is -0.703. The topological polar surface area (TPSA) is 65.1 Å². The van der Waals surface area contributed by atoms with Gasteiger partial charge in [-0.2, -0.15) is 0 Å². The van der Waals surface area contributed by atoms with Gasteiger partial charge in [-0.25, -0.2) is 13.6 Å². The quantitative estimate of drug-likeness (QED) is 0.769. The van der Waals surface area contributed by atoms with E-state index in [1.54, 1.807) is 20.8 Å². The zero-order valence-corrected chi connectivity index (χ0v) is 16.3. The molecule has 0 aromatic carbocycles. The van der Waals surface area contributed by atoms with Crippen LogP contribution in [0.5, 0.6) is 0 Å². The third-order valence-electron chi connectivity index (χ3n) is 5.34. The molecule has 3 rings (SSSR count). The fourth-order valence-electron chi connectivity index (χ4n) is 4.02. The van der Waals surface area contributed by atoms with E-state index in [0.29, 0.717) is 13.0 Å². The van der Waals surface area contributed by atoms with Crippen molar-refractivity contribution < 1.29 is 23.1 Å². The molecule has 3 aliphatic rings. The number of rotatable bonds is 2. The van der Waals surface area contributed by atoms with Gasteiger partial charge in [0.1, 0.15) is 11.6 Å². The molecule has 0 aromatic rings. The van der Waals surface area contributed by atoms with E-state index in [-0.39, 0.29) is 19.0 Å². The summed E-state index contributed by atoms with van der Waals surface area (Å²) < 4.78 is 32.6. The van der Waals surface area contributed by atoms with Crippen molar-refractivity contribution in [3.05, 3.63) is 0 Å². The minimum atomic E-state index is -2.84. The summed E-state index contributed by atoms with van der Waals surface area (Å²) in [4.78, 5) is 30.6. The van der Waals surface area contributed by atoms with Gasteiger partial charge in [0.25, 0.3) is 5.92 Å². The van der Waals surface area contributed by atoms with Crippen LogP contribution in [-0.2, 0) is 9.53 Å². The van der Waals surface area contributed by atoms with Gasteiger partial charge in [0.2, 0.25) is 5.91 Å². The number of nitrogens with zero attached hydrogens (tertiary/aromatic N) is 3. The normalized spacial score (nSPS) is 29.2. The number of ether oxygens (including phenoxy) is 1. The lowest BCUT2D eigenvalue weighted by Crippen LogP contribution is -2.50. The van der Waals surface area contributed by atoms with Crippen LogP contribution >= 0.6 is 0 Å². The lowest BCUT2D eigenvalue weighted by molar-refractivity contribution is -0.136. The molecule has 2 amide bonds. The molecule has 154 valence electrons. The van der Waals surface area contributed by atoms with Crippen molar-refractivity contribution in [3.8, 4) is 0 Å². The third-order valence-corrected chi connectivity index (χ3v) is 5.34. The van der Waals surface area contributed by atoms with E-state index in [2.05, 4.69) is 10.2 Å². The molecule has 3 saturated heterocycles. The average Bonchev–Trinajstić information content (AvgIpc) is 3.17. The Balaban J connectivity index is 1.74. The maximum Gasteiger partial charge on any atom is 0.411 e. The van der Waals surface area contributed by atoms with Gasteiger partial charge in [-0.15, -0.1) is 0 Å². The molecule has 0 bridgehead atoms. The molecule has 0 radical (unpaired) electrons. The van der Waals surface area contributed by atoms with Gasteiger partial charge in [0, 0.05) is 51.7 Å². The first-order valence-corrected chi connectivity index (χ1v) is 9.67. The molecule has 3 fully saturated rings. The van der Waals surface area contributed by atoms with Crippen molar-refractivity contribution in [2.75, 3.05) is 45.8 Å². The van der Waals surface area contributed by atoms with E-state index in [1.165, 1.54) is 9.80 Å². The van der Waals surface area contributed by atoms with Crippen molar-refractivity contribution >= 4 is 12.0 Å². The molecular weight excluding hydrogens is 358 g/mol. The Morgan fingerprint density at radius 1 is 1.15 bits per heavy atom. The summed E-state index contributed by atoms with van der Waals surface area (Å²) in [6.07, 6.45) is -0.413. The number of hydrogen-bond acceptors (Lipinski definition) is 5. The Hall–Kier alpha value is -1.48. The fraction of sp³-hybridized carbons (Fsp3) is 0.889. The maximum atomic E-state index is 13.6. The highest BCUT2D eigenvalue weighted by Crippen LogP contribution is 2.31. The van der Waals surface area contributed by atoms with Gasteiger partial charge >= 0.3 is 6.09 Å². The molecule has 27 heavy (non-hydrogen) atoms. The number of nitrogens with one attached hydrogen (secondary N) is 1. The minimum absolute atomic E-state index is 0.0305. The fourth-order valence-corrected chi connectivity index (χ4v) is 4.02. The van der Waals surface area contributed by atoms with Crippen molar-refractivity contribution in [2.45, 2.75) is 57.2 Å². The number of alkyl halides is 2.